The summed E-state index contributed by atoms with van der Waals surface area (Å²) in [5.74, 6) is 0.938. The number of Topliss-reactive ketones (excluding diaryl/α,β-unsaturated/α-hetero) is 1. The maximum atomic E-state index is 11.9. The Labute approximate surface area is 95.3 Å². The van der Waals surface area contributed by atoms with Crippen molar-refractivity contribution in [3.05, 3.63) is 15.8 Å². The zero-order valence-electron chi connectivity index (χ0n) is 9.96. The smallest absolute Gasteiger partial charge is 0.179 e. The lowest BCUT2D eigenvalue weighted by molar-refractivity contribution is 0.0938. The molecule has 0 unspecified atom stereocenters. The van der Waals surface area contributed by atoms with E-state index >= 15 is 0 Å². The summed E-state index contributed by atoms with van der Waals surface area (Å²) in [4.78, 5) is 13.8. The average Bonchev–Trinajstić information content (AvgIpc) is 2.44. The van der Waals surface area contributed by atoms with Crippen molar-refractivity contribution >= 4 is 17.1 Å². The predicted molar refractivity (Wildman–Crippen MR) is 64.0 cm³/mol. The third-order valence-electron chi connectivity index (χ3n) is 1.93. The lowest BCUT2D eigenvalue weighted by Gasteiger charge is -2.10. The number of ether oxygens (including phenoxy) is 1. The van der Waals surface area contributed by atoms with E-state index in [0.717, 1.165) is 15.5 Å². The van der Waals surface area contributed by atoms with Crippen molar-refractivity contribution < 1.29 is 9.53 Å². The van der Waals surface area contributed by atoms with Gasteiger partial charge < -0.3 is 4.74 Å². The lowest BCUT2D eigenvalue weighted by atomic mass is 10.1. The van der Waals surface area contributed by atoms with Crippen LogP contribution in [0.3, 0.4) is 0 Å². The molecule has 0 radical (unpaired) electrons. The molecule has 0 aromatic carbocycles. The summed E-state index contributed by atoms with van der Waals surface area (Å²) >= 11 is 1.52. The molecular weight excluding hydrogens is 208 g/mol. The molecule has 0 spiro atoms. The Morgan fingerprint density at radius 1 is 1.33 bits per heavy atom. The Balaban J connectivity index is 3.00. The van der Waals surface area contributed by atoms with Crippen LogP contribution < -0.4 is 4.74 Å². The van der Waals surface area contributed by atoms with Gasteiger partial charge in [0.25, 0.3) is 0 Å². The lowest BCUT2D eigenvalue weighted by Crippen LogP contribution is -2.11. The molecule has 0 atom stereocenters. The molecule has 1 aromatic heterocycles. The first-order valence-electron chi connectivity index (χ1n) is 5.23. The molecular formula is C12H18O2S. The number of carbonyl (C=O) groups is 1. The van der Waals surface area contributed by atoms with E-state index in [4.69, 9.17) is 4.74 Å². The minimum absolute atomic E-state index is 0.0255. The van der Waals surface area contributed by atoms with Crippen molar-refractivity contribution in [2.75, 3.05) is 0 Å². The van der Waals surface area contributed by atoms with Crippen molar-refractivity contribution in [2.24, 2.45) is 5.92 Å². The topological polar surface area (TPSA) is 26.3 Å². The average molecular weight is 226 g/mol. The largest absolute Gasteiger partial charge is 0.489 e. The van der Waals surface area contributed by atoms with Gasteiger partial charge in [0, 0.05) is 10.8 Å². The van der Waals surface area contributed by atoms with Gasteiger partial charge in [-0.05, 0) is 26.8 Å². The van der Waals surface area contributed by atoms with Gasteiger partial charge in [-0.1, -0.05) is 13.8 Å². The first kappa shape index (κ1) is 12.2. The highest BCUT2D eigenvalue weighted by molar-refractivity contribution is 7.14. The van der Waals surface area contributed by atoms with E-state index in [1.165, 1.54) is 11.3 Å². The van der Waals surface area contributed by atoms with Crippen molar-refractivity contribution in [3.8, 4) is 5.75 Å². The maximum absolute atomic E-state index is 11.9. The molecule has 0 saturated heterocycles. The second kappa shape index (κ2) is 4.79. The summed E-state index contributed by atoms with van der Waals surface area (Å²) in [6.07, 6.45) is 0.109. The van der Waals surface area contributed by atoms with Crippen LogP contribution >= 0.6 is 11.3 Å². The SMILES string of the molecule is Cc1cc(OC(C)C)c(C(=O)C(C)C)s1. The monoisotopic (exact) mass is 226 g/mol. The third-order valence-corrected chi connectivity index (χ3v) is 2.98. The molecule has 0 N–H and O–H groups in total. The van der Waals surface area contributed by atoms with E-state index in [1.54, 1.807) is 0 Å². The summed E-state index contributed by atoms with van der Waals surface area (Å²) in [6, 6.07) is 1.94. The Bertz CT molecular complexity index is 351. The fourth-order valence-electron chi connectivity index (χ4n) is 1.27. The van der Waals surface area contributed by atoms with Gasteiger partial charge in [-0.2, -0.15) is 0 Å². The van der Waals surface area contributed by atoms with Gasteiger partial charge in [-0.25, -0.2) is 0 Å². The van der Waals surface area contributed by atoms with Gasteiger partial charge >= 0.3 is 0 Å². The molecule has 3 heteroatoms. The molecule has 0 aliphatic heterocycles. The normalized spacial score (nSPS) is 11.1. The Morgan fingerprint density at radius 2 is 1.93 bits per heavy atom. The van der Waals surface area contributed by atoms with Crippen LogP contribution in [0.25, 0.3) is 0 Å². The summed E-state index contributed by atoms with van der Waals surface area (Å²) in [5.41, 5.74) is 0. The van der Waals surface area contributed by atoms with Crippen molar-refractivity contribution in [2.45, 2.75) is 40.7 Å². The van der Waals surface area contributed by atoms with Crippen LogP contribution in [0.15, 0.2) is 6.07 Å². The highest BCUT2D eigenvalue weighted by Gasteiger charge is 2.19. The van der Waals surface area contributed by atoms with E-state index in [9.17, 15) is 4.79 Å². The molecule has 0 aliphatic rings. The second-order valence-electron chi connectivity index (χ2n) is 4.24. The number of aryl methyl sites for hydroxylation is 1. The fraction of sp³-hybridized carbons (Fsp3) is 0.583. The molecule has 1 aromatic rings. The van der Waals surface area contributed by atoms with Crippen LogP contribution in [0.5, 0.6) is 5.75 Å². The van der Waals surface area contributed by atoms with Crippen molar-refractivity contribution in [1.29, 1.82) is 0 Å². The summed E-state index contributed by atoms with van der Waals surface area (Å²) < 4.78 is 5.63. The van der Waals surface area contributed by atoms with Crippen LogP contribution in [-0.4, -0.2) is 11.9 Å². The van der Waals surface area contributed by atoms with Crippen molar-refractivity contribution in [1.82, 2.24) is 0 Å². The predicted octanol–water partition coefficient (Wildman–Crippen LogP) is 3.68. The number of ketones is 1. The molecule has 1 heterocycles. The zero-order valence-corrected chi connectivity index (χ0v) is 10.8. The molecule has 1 rings (SSSR count). The first-order valence-corrected chi connectivity index (χ1v) is 6.04. The number of carbonyl (C=O) groups excluding carboxylic acids is 1. The van der Waals surface area contributed by atoms with Crippen LogP contribution in [0.1, 0.15) is 42.2 Å². The van der Waals surface area contributed by atoms with Crippen LogP contribution in [0.2, 0.25) is 0 Å². The first-order chi connectivity index (χ1) is 6.91. The minimum atomic E-state index is 0.0255. The van der Waals surface area contributed by atoms with E-state index in [1.807, 2.05) is 40.7 Å². The Hall–Kier alpha value is -0.830. The molecule has 0 aliphatic carbocycles. The molecule has 0 saturated carbocycles. The molecule has 0 amide bonds. The van der Waals surface area contributed by atoms with E-state index in [-0.39, 0.29) is 17.8 Å². The van der Waals surface area contributed by atoms with Gasteiger partial charge in [0.15, 0.2) is 5.78 Å². The minimum Gasteiger partial charge on any atom is -0.489 e. The van der Waals surface area contributed by atoms with Gasteiger partial charge in [-0.15, -0.1) is 11.3 Å². The number of hydrogen-bond donors (Lipinski definition) is 0. The summed E-state index contributed by atoms with van der Waals surface area (Å²) in [6.45, 7) is 9.76. The standard InChI is InChI=1S/C12H18O2S/c1-7(2)11(13)12-10(14-8(3)4)6-9(5)15-12/h6-8H,1-5H3. The van der Waals surface area contributed by atoms with E-state index in [2.05, 4.69) is 0 Å². The van der Waals surface area contributed by atoms with Crippen molar-refractivity contribution in [3.63, 3.8) is 0 Å². The Morgan fingerprint density at radius 3 is 2.40 bits per heavy atom. The summed E-state index contributed by atoms with van der Waals surface area (Å²) in [7, 11) is 0. The highest BCUT2D eigenvalue weighted by Crippen LogP contribution is 2.31. The van der Waals surface area contributed by atoms with E-state index < -0.39 is 0 Å². The quantitative estimate of drug-likeness (QED) is 0.732. The van der Waals surface area contributed by atoms with Gasteiger partial charge in [-0.3, -0.25) is 4.79 Å². The summed E-state index contributed by atoms with van der Waals surface area (Å²) in [5, 5.41) is 0. The maximum Gasteiger partial charge on any atom is 0.179 e. The second-order valence-corrected chi connectivity index (χ2v) is 5.49. The molecule has 0 fully saturated rings. The number of rotatable bonds is 4. The van der Waals surface area contributed by atoms with Gasteiger partial charge in [0.05, 0.1) is 6.10 Å². The molecule has 84 valence electrons. The number of hydrogen-bond acceptors (Lipinski definition) is 3. The van der Waals surface area contributed by atoms with Crippen LogP contribution in [0.4, 0.5) is 0 Å². The zero-order chi connectivity index (χ0) is 11.6. The highest BCUT2D eigenvalue weighted by atomic mass is 32.1. The number of thiophene rings is 1. The molecule has 15 heavy (non-hydrogen) atoms. The van der Waals surface area contributed by atoms with Crippen LogP contribution in [-0.2, 0) is 0 Å². The van der Waals surface area contributed by atoms with Gasteiger partial charge in [0.1, 0.15) is 10.6 Å². The fourth-order valence-corrected chi connectivity index (χ4v) is 2.30. The molecule has 2 nitrogen and oxygen atoms in total. The Kier molecular flexibility index (Phi) is 3.91. The van der Waals surface area contributed by atoms with Crippen LogP contribution in [0, 0.1) is 12.8 Å². The van der Waals surface area contributed by atoms with Gasteiger partial charge in [0.2, 0.25) is 0 Å². The third kappa shape index (κ3) is 3.06. The molecule has 0 bridgehead atoms. The van der Waals surface area contributed by atoms with E-state index in [0.29, 0.717) is 0 Å².